The summed E-state index contributed by atoms with van der Waals surface area (Å²) in [6.45, 7) is 6.89. The van der Waals surface area contributed by atoms with E-state index in [2.05, 4.69) is 10.3 Å². The Labute approximate surface area is 137 Å². The number of amides is 1. The zero-order valence-corrected chi connectivity index (χ0v) is 14.1. The topological polar surface area (TPSA) is 71.5 Å². The number of pyridine rings is 1. The molecule has 126 valence electrons. The summed E-state index contributed by atoms with van der Waals surface area (Å²) >= 11 is 0. The molecule has 0 radical (unpaired) electrons. The largest absolute Gasteiger partial charge is 0.387 e. The van der Waals surface area contributed by atoms with Crippen LogP contribution in [0.3, 0.4) is 0 Å². The van der Waals surface area contributed by atoms with Gasteiger partial charge in [0, 0.05) is 43.3 Å². The first-order chi connectivity index (χ1) is 10.9. The molecule has 0 bridgehead atoms. The highest BCUT2D eigenvalue weighted by molar-refractivity contribution is 5.83. The molecule has 2 aliphatic carbocycles. The van der Waals surface area contributed by atoms with Gasteiger partial charge in [-0.05, 0) is 30.9 Å². The molecule has 0 saturated heterocycles. The fraction of sp³-hybridized carbons (Fsp3) is 0.667. The van der Waals surface area contributed by atoms with E-state index < -0.39 is 5.60 Å². The number of carbonyl (C=O) groups excluding carboxylic acids is 1. The van der Waals surface area contributed by atoms with Gasteiger partial charge in [0.1, 0.15) is 0 Å². The number of rotatable bonds is 6. The normalized spacial score (nSPS) is 34.5. The lowest BCUT2D eigenvalue weighted by Gasteiger charge is -2.57. The molecule has 23 heavy (non-hydrogen) atoms. The maximum atomic E-state index is 12.3. The second kappa shape index (κ2) is 5.87. The second-order valence-corrected chi connectivity index (χ2v) is 7.35. The lowest BCUT2D eigenvalue weighted by molar-refractivity contribution is -0.238. The number of aliphatic hydroxyl groups is 1. The maximum Gasteiger partial charge on any atom is 0.223 e. The first-order valence-electron chi connectivity index (χ1n) is 8.40. The number of aromatic nitrogens is 1. The Morgan fingerprint density at radius 1 is 1.52 bits per heavy atom. The summed E-state index contributed by atoms with van der Waals surface area (Å²) < 4.78 is 5.65. The van der Waals surface area contributed by atoms with Crippen LogP contribution in [-0.4, -0.2) is 40.9 Å². The van der Waals surface area contributed by atoms with Gasteiger partial charge in [0.25, 0.3) is 0 Å². The van der Waals surface area contributed by atoms with Gasteiger partial charge in [-0.1, -0.05) is 19.9 Å². The van der Waals surface area contributed by atoms with Gasteiger partial charge >= 0.3 is 0 Å². The summed E-state index contributed by atoms with van der Waals surface area (Å²) in [7, 11) is 0. The van der Waals surface area contributed by atoms with E-state index in [1.54, 1.807) is 6.20 Å². The highest BCUT2D eigenvalue weighted by atomic mass is 16.5. The number of hydrogen-bond donors (Lipinski definition) is 2. The Bertz CT molecular complexity index is 575. The van der Waals surface area contributed by atoms with E-state index >= 15 is 0 Å². The molecule has 1 amide bonds. The molecule has 2 N–H and O–H groups in total. The van der Waals surface area contributed by atoms with Crippen LogP contribution >= 0.6 is 0 Å². The third-order valence-corrected chi connectivity index (χ3v) is 5.69. The average molecular weight is 318 g/mol. The molecule has 2 fully saturated rings. The van der Waals surface area contributed by atoms with E-state index in [0.717, 1.165) is 12.0 Å². The fourth-order valence-corrected chi connectivity index (χ4v) is 3.57. The van der Waals surface area contributed by atoms with Crippen molar-refractivity contribution < 1.29 is 14.6 Å². The van der Waals surface area contributed by atoms with Crippen molar-refractivity contribution >= 4 is 5.91 Å². The highest BCUT2D eigenvalue weighted by Crippen LogP contribution is 2.51. The minimum absolute atomic E-state index is 0.00803. The monoisotopic (exact) mass is 318 g/mol. The van der Waals surface area contributed by atoms with Crippen molar-refractivity contribution in [2.45, 2.75) is 51.2 Å². The molecule has 1 aromatic heterocycles. The third kappa shape index (κ3) is 2.88. The van der Waals surface area contributed by atoms with Gasteiger partial charge in [0.05, 0.1) is 11.7 Å². The molecule has 3 rings (SSSR count). The molecular weight excluding hydrogens is 292 g/mol. The van der Waals surface area contributed by atoms with Crippen LogP contribution in [0.25, 0.3) is 0 Å². The fourth-order valence-electron chi connectivity index (χ4n) is 3.57. The quantitative estimate of drug-likeness (QED) is 0.840. The predicted molar refractivity (Wildman–Crippen MR) is 86.9 cm³/mol. The predicted octanol–water partition coefficient (Wildman–Crippen LogP) is 1.87. The van der Waals surface area contributed by atoms with Crippen molar-refractivity contribution in [2.75, 3.05) is 13.2 Å². The van der Waals surface area contributed by atoms with Crippen LogP contribution in [-0.2, 0) is 9.53 Å². The number of ether oxygens (including phenoxy) is 1. The van der Waals surface area contributed by atoms with Gasteiger partial charge in [-0.25, -0.2) is 0 Å². The van der Waals surface area contributed by atoms with Crippen molar-refractivity contribution in [3.05, 3.63) is 30.1 Å². The van der Waals surface area contributed by atoms with Crippen molar-refractivity contribution in [1.82, 2.24) is 10.3 Å². The van der Waals surface area contributed by atoms with Crippen LogP contribution < -0.4 is 5.32 Å². The van der Waals surface area contributed by atoms with Gasteiger partial charge in [0.2, 0.25) is 5.91 Å². The molecule has 0 spiro atoms. The summed E-state index contributed by atoms with van der Waals surface area (Å²) in [6.07, 6.45) is 5.06. The zero-order valence-electron chi connectivity index (χ0n) is 14.1. The first kappa shape index (κ1) is 16.4. The van der Waals surface area contributed by atoms with Crippen LogP contribution in [0.5, 0.6) is 0 Å². The van der Waals surface area contributed by atoms with Crippen LogP contribution in [0.4, 0.5) is 0 Å². The number of hydrogen-bond acceptors (Lipinski definition) is 4. The van der Waals surface area contributed by atoms with Crippen LogP contribution in [0.15, 0.2) is 24.5 Å². The van der Waals surface area contributed by atoms with E-state index in [-0.39, 0.29) is 29.3 Å². The minimum Gasteiger partial charge on any atom is -0.387 e. The minimum atomic E-state index is -0.888. The maximum absolute atomic E-state index is 12.3. The van der Waals surface area contributed by atoms with E-state index in [4.69, 9.17) is 4.74 Å². The molecule has 1 heterocycles. The van der Waals surface area contributed by atoms with Crippen molar-refractivity contribution in [2.24, 2.45) is 11.3 Å². The van der Waals surface area contributed by atoms with Gasteiger partial charge in [-0.15, -0.1) is 0 Å². The molecule has 0 unspecified atom stereocenters. The Hall–Kier alpha value is -1.46. The molecule has 2 saturated carbocycles. The van der Waals surface area contributed by atoms with Crippen LogP contribution in [0, 0.1) is 11.3 Å². The van der Waals surface area contributed by atoms with Gasteiger partial charge < -0.3 is 15.2 Å². The van der Waals surface area contributed by atoms with Crippen LogP contribution in [0.1, 0.15) is 45.1 Å². The summed E-state index contributed by atoms with van der Waals surface area (Å²) in [6, 6.07) is 3.91. The van der Waals surface area contributed by atoms with Crippen molar-refractivity contribution in [1.29, 1.82) is 0 Å². The Balaban J connectivity index is 1.51. The Morgan fingerprint density at radius 2 is 2.30 bits per heavy atom. The van der Waals surface area contributed by atoms with Gasteiger partial charge in [-0.3, -0.25) is 9.78 Å². The molecule has 2 aliphatic rings. The van der Waals surface area contributed by atoms with E-state index in [1.165, 1.54) is 0 Å². The van der Waals surface area contributed by atoms with Gasteiger partial charge in [0.15, 0.2) is 0 Å². The average Bonchev–Trinajstić information content (AvgIpc) is 3.34. The van der Waals surface area contributed by atoms with Crippen LogP contribution in [0.2, 0.25) is 0 Å². The van der Waals surface area contributed by atoms with E-state index in [1.807, 2.05) is 39.1 Å². The number of nitrogens with zero attached hydrogens (tertiary/aromatic N) is 1. The zero-order chi connectivity index (χ0) is 16.7. The molecule has 5 heteroatoms. The Kier molecular flexibility index (Phi) is 4.19. The van der Waals surface area contributed by atoms with Gasteiger partial charge in [-0.2, -0.15) is 0 Å². The Morgan fingerprint density at radius 3 is 2.91 bits per heavy atom. The summed E-state index contributed by atoms with van der Waals surface area (Å²) in [5.74, 6) is 0.306. The summed E-state index contributed by atoms with van der Waals surface area (Å²) in [4.78, 5) is 16.4. The third-order valence-electron chi connectivity index (χ3n) is 5.69. The summed E-state index contributed by atoms with van der Waals surface area (Å²) in [5.41, 5.74) is -0.115. The van der Waals surface area contributed by atoms with E-state index in [0.29, 0.717) is 19.6 Å². The standard InChI is InChI=1S/C18H26N2O3/c1-4-23-15-9-18(22,17(15,2)3)11-20-16(21)14-8-13(14)12-6-5-7-19-10-12/h5-7,10,13-15,22H,4,8-9,11H2,1-3H3,(H,20,21)/t13-,14+,15+,18-/m0/s1. The first-order valence-corrected chi connectivity index (χ1v) is 8.40. The molecule has 5 nitrogen and oxygen atoms in total. The lowest BCUT2D eigenvalue weighted by Crippen LogP contribution is -2.68. The highest BCUT2D eigenvalue weighted by Gasteiger charge is 2.60. The lowest BCUT2D eigenvalue weighted by atomic mass is 9.56. The molecule has 4 atom stereocenters. The van der Waals surface area contributed by atoms with E-state index in [9.17, 15) is 9.90 Å². The SMILES string of the molecule is CCO[C@@H]1C[C@](O)(CNC(=O)[C@@H]2C[C@H]2c2cccnc2)C1(C)C. The molecular formula is C18H26N2O3. The molecule has 0 aromatic carbocycles. The number of nitrogens with one attached hydrogen (secondary N) is 1. The summed E-state index contributed by atoms with van der Waals surface area (Å²) in [5, 5.41) is 13.7. The molecule has 1 aromatic rings. The molecule has 0 aliphatic heterocycles. The van der Waals surface area contributed by atoms with Crippen molar-refractivity contribution in [3.63, 3.8) is 0 Å². The second-order valence-electron chi connectivity index (χ2n) is 7.35. The number of carbonyl (C=O) groups is 1. The van der Waals surface area contributed by atoms with Crippen molar-refractivity contribution in [3.8, 4) is 0 Å². The smallest absolute Gasteiger partial charge is 0.223 e.